The maximum atomic E-state index is 11.9. The van der Waals surface area contributed by atoms with Crippen molar-refractivity contribution < 1.29 is 33.1 Å². The van der Waals surface area contributed by atoms with Crippen molar-refractivity contribution in [3.05, 3.63) is 74.9 Å². The SMILES string of the molecule is COc1cc(OC)cc(-c2nnc(S/C(=C\c3ccc(-c4cc([N+](=O)[O-])ccc4C)o3)C(=O)O)o2)c1. The van der Waals surface area contributed by atoms with E-state index >= 15 is 0 Å². The Labute approximate surface area is 208 Å². The number of non-ortho nitro benzene ring substituents is 1. The van der Waals surface area contributed by atoms with Crippen LogP contribution in [0.15, 0.2) is 67.5 Å². The van der Waals surface area contributed by atoms with Gasteiger partial charge in [0.25, 0.3) is 10.9 Å². The van der Waals surface area contributed by atoms with Gasteiger partial charge >= 0.3 is 5.97 Å². The van der Waals surface area contributed by atoms with Crippen molar-refractivity contribution in [2.75, 3.05) is 14.2 Å². The molecular weight excluding hydrogens is 490 g/mol. The predicted molar refractivity (Wildman–Crippen MR) is 130 cm³/mol. The molecule has 0 aliphatic heterocycles. The van der Waals surface area contributed by atoms with E-state index in [9.17, 15) is 20.0 Å². The van der Waals surface area contributed by atoms with Gasteiger partial charge in [-0.25, -0.2) is 4.79 Å². The second-order valence-corrected chi connectivity index (χ2v) is 8.34. The van der Waals surface area contributed by atoms with E-state index in [-0.39, 0.29) is 27.5 Å². The molecule has 0 atom stereocenters. The number of hydrogen-bond acceptors (Lipinski definition) is 10. The zero-order chi connectivity index (χ0) is 25.8. The Kier molecular flexibility index (Phi) is 7.06. The van der Waals surface area contributed by atoms with Gasteiger partial charge in [-0.3, -0.25) is 10.1 Å². The van der Waals surface area contributed by atoms with Gasteiger partial charge in [0.15, 0.2) is 0 Å². The molecule has 2 aromatic carbocycles. The van der Waals surface area contributed by atoms with E-state index in [1.807, 2.05) is 0 Å². The number of benzene rings is 2. The van der Waals surface area contributed by atoms with Crippen LogP contribution in [0.5, 0.6) is 11.5 Å². The number of thioether (sulfide) groups is 1. The smallest absolute Gasteiger partial charge is 0.342 e. The topological polar surface area (TPSA) is 151 Å². The lowest BCUT2D eigenvalue weighted by Crippen LogP contribution is -1.96. The van der Waals surface area contributed by atoms with Crippen LogP contribution in [0, 0.1) is 17.0 Å². The number of aryl methyl sites for hydroxylation is 1. The molecule has 4 rings (SSSR count). The normalized spacial score (nSPS) is 11.4. The predicted octanol–water partition coefficient (Wildman–Crippen LogP) is 5.45. The largest absolute Gasteiger partial charge is 0.497 e. The molecule has 4 aromatic rings. The Morgan fingerprint density at radius 2 is 1.78 bits per heavy atom. The fraction of sp³-hybridized carbons (Fsp3) is 0.125. The van der Waals surface area contributed by atoms with Crippen LogP contribution in [0.2, 0.25) is 0 Å². The molecule has 11 nitrogen and oxygen atoms in total. The molecule has 2 aromatic heterocycles. The van der Waals surface area contributed by atoms with Gasteiger partial charge in [0, 0.05) is 35.4 Å². The Morgan fingerprint density at radius 1 is 1.06 bits per heavy atom. The summed E-state index contributed by atoms with van der Waals surface area (Å²) < 4.78 is 21.9. The zero-order valence-corrected chi connectivity index (χ0v) is 20.1. The van der Waals surface area contributed by atoms with Crippen LogP contribution >= 0.6 is 11.8 Å². The quantitative estimate of drug-likeness (QED) is 0.133. The summed E-state index contributed by atoms with van der Waals surface area (Å²) in [4.78, 5) is 22.4. The van der Waals surface area contributed by atoms with E-state index in [0.29, 0.717) is 28.4 Å². The van der Waals surface area contributed by atoms with Crippen molar-refractivity contribution in [3.8, 4) is 34.3 Å². The summed E-state index contributed by atoms with van der Waals surface area (Å²) >= 11 is 0.751. The van der Waals surface area contributed by atoms with Crippen molar-refractivity contribution in [2.24, 2.45) is 0 Å². The van der Waals surface area contributed by atoms with Crippen LogP contribution in [0.3, 0.4) is 0 Å². The summed E-state index contributed by atoms with van der Waals surface area (Å²) in [7, 11) is 3.02. The minimum atomic E-state index is -1.23. The van der Waals surface area contributed by atoms with Crippen LogP contribution in [0.4, 0.5) is 5.69 Å². The van der Waals surface area contributed by atoms with Crippen LogP contribution in [0.1, 0.15) is 11.3 Å². The number of carboxylic acid groups (broad SMARTS) is 1. The minimum Gasteiger partial charge on any atom is -0.497 e. The number of carboxylic acids is 1. The van der Waals surface area contributed by atoms with Gasteiger partial charge in [-0.05, 0) is 48.5 Å². The fourth-order valence-corrected chi connectivity index (χ4v) is 3.87. The molecule has 1 N–H and O–H groups in total. The third-order valence-electron chi connectivity index (χ3n) is 5.01. The minimum absolute atomic E-state index is 0.00162. The lowest BCUT2D eigenvalue weighted by Gasteiger charge is -2.05. The van der Waals surface area contributed by atoms with Gasteiger partial charge in [-0.15, -0.1) is 10.2 Å². The molecule has 0 unspecified atom stereocenters. The number of hydrogen-bond donors (Lipinski definition) is 1. The number of rotatable bonds is 9. The summed E-state index contributed by atoms with van der Waals surface area (Å²) in [5.41, 5.74) is 1.76. The third kappa shape index (κ3) is 5.39. The highest BCUT2D eigenvalue weighted by atomic mass is 32.2. The second kappa shape index (κ2) is 10.4. The highest BCUT2D eigenvalue weighted by molar-refractivity contribution is 8.03. The summed E-state index contributed by atoms with van der Waals surface area (Å²) in [5.74, 6) is 0.571. The third-order valence-corrected chi connectivity index (χ3v) is 5.86. The molecule has 12 heteroatoms. The molecule has 0 saturated carbocycles. The van der Waals surface area contributed by atoms with Crippen molar-refractivity contribution in [2.45, 2.75) is 12.1 Å². The molecule has 0 spiro atoms. The standard InChI is InChI=1S/C24H19N3O8S/c1-13-4-5-15(27(30)31)10-19(13)20-7-6-16(34-20)12-21(23(28)29)36-24-26-25-22(35-24)14-8-17(32-2)11-18(9-14)33-3/h4-12H,1-3H3,(H,28,29)/b21-12-. The van der Waals surface area contributed by atoms with Gasteiger partial charge in [-0.2, -0.15) is 0 Å². The monoisotopic (exact) mass is 509 g/mol. The van der Waals surface area contributed by atoms with Gasteiger partial charge in [0.05, 0.1) is 19.1 Å². The average molecular weight is 509 g/mol. The number of nitro groups is 1. The Balaban J connectivity index is 1.59. The molecule has 0 radical (unpaired) electrons. The van der Waals surface area contributed by atoms with Gasteiger partial charge in [0.2, 0.25) is 5.89 Å². The molecule has 0 aliphatic carbocycles. The number of ether oxygens (including phenoxy) is 2. The van der Waals surface area contributed by atoms with E-state index in [1.165, 1.54) is 32.4 Å². The lowest BCUT2D eigenvalue weighted by atomic mass is 10.1. The number of nitro benzene ring substituents is 1. The Bertz CT molecular complexity index is 1450. The molecule has 184 valence electrons. The number of methoxy groups -OCH3 is 2. The summed E-state index contributed by atoms with van der Waals surface area (Å²) in [6.45, 7) is 1.79. The molecule has 0 saturated heterocycles. The molecule has 0 aliphatic rings. The number of nitrogens with zero attached hydrogens (tertiary/aromatic N) is 3. The van der Waals surface area contributed by atoms with Crippen LogP contribution in [-0.2, 0) is 4.79 Å². The molecule has 0 bridgehead atoms. The maximum Gasteiger partial charge on any atom is 0.342 e. The summed E-state index contributed by atoms with van der Waals surface area (Å²) in [6.07, 6.45) is 1.31. The highest BCUT2D eigenvalue weighted by Gasteiger charge is 2.19. The Hall–Kier alpha value is -4.58. The van der Waals surface area contributed by atoms with Crippen LogP contribution in [0.25, 0.3) is 28.9 Å². The van der Waals surface area contributed by atoms with Crippen LogP contribution < -0.4 is 9.47 Å². The van der Waals surface area contributed by atoms with E-state index in [0.717, 1.165) is 17.3 Å². The first kappa shape index (κ1) is 24.5. The van der Waals surface area contributed by atoms with Crippen molar-refractivity contribution in [1.82, 2.24) is 10.2 Å². The highest BCUT2D eigenvalue weighted by Crippen LogP contribution is 2.34. The molecule has 2 heterocycles. The van der Waals surface area contributed by atoms with Crippen molar-refractivity contribution >= 4 is 29.5 Å². The first-order chi connectivity index (χ1) is 17.3. The zero-order valence-electron chi connectivity index (χ0n) is 19.3. The van der Waals surface area contributed by atoms with Crippen molar-refractivity contribution in [1.29, 1.82) is 0 Å². The fourth-order valence-electron chi connectivity index (χ4n) is 3.22. The van der Waals surface area contributed by atoms with E-state index in [1.54, 1.807) is 43.3 Å². The molecule has 36 heavy (non-hydrogen) atoms. The van der Waals surface area contributed by atoms with Gasteiger partial charge in [-0.1, -0.05) is 6.07 Å². The molecule has 0 amide bonds. The number of aliphatic carboxylic acids is 1. The summed E-state index contributed by atoms with van der Waals surface area (Å²) in [6, 6.07) is 12.7. The number of aromatic nitrogens is 2. The van der Waals surface area contributed by atoms with E-state index in [4.69, 9.17) is 18.3 Å². The first-order valence-corrected chi connectivity index (χ1v) is 11.1. The van der Waals surface area contributed by atoms with E-state index in [2.05, 4.69) is 10.2 Å². The first-order valence-electron chi connectivity index (χ1n) is 10.3. The molecular formula is C24H19N3O8S. The number of furan rings is 1. The van der Waals surface area contributed by atoms with E-state index < -0.39 is 10.9 Å². The molecule has 0 fully saturated rings. The van der Waals surface area contributed by atoms with Crippen LogP contribution in [-0.4, -0.2) is 40.4 Å². The van der Waals surface area contributed by atoms with Gasteiger partial charge in [0.1, 0.15) is 27.9 Å². The summed E-state index contributed by atoms with van der Waals surface area (Å²) in [5, 5.41) is 28.7. The number of carbonyl (C=O) groups is 1. The van der Waals surface area contributed by atoms with Crippen molar-refractivity contribution in [3.63, 3.8) is 0 Å². The lowest BCUT2D eigenvalue weighted by molar-refractivity contribution is -0.384. The second-order valence-electron chi connectivity index (χ2n) is 7.35. The Morgan fingerprint density at radius 3 is 2.42 bits per heavy atom. The van der Waals surface area contributed by atoms with Gasteiger partial charge < -0.3 is 23.4 Å². The average Bonchev–Trinajstić information content (AvgIpc) is 3.53. The maximum absolute atomic E-state index is 11.9.